The largest absolute Gasteiger partial charge is 0.480 e. The zero-order valence-corrected chi connectivity index (χ0v) is 48.8. The van der Waals surface area contributed by atoms with Crippen molar-refractivity contribution in [2.24, 2.45) is 34.2 Å². The first-order chi connectivity index (χ1) is 41.8. The van der Waals surface area contributed by atoms with E-state index in [1.807, 2.05) is 42.5 Å². The van der Waals surface area contributed by atoms with E-state index in [0.29, 0.717) is 39.6 Å². The number of aliphatic hydroxyl groups excluding tert-OH is 1. The van der Waals surface area contributed by atoms with E-state index in [4.69, 9.17) is 16.5 Å². The average molecular weight is 1190 g/mol. The number of nitrogens with one attached hydrogen (secondary N) is 5. The summed E-state index contributed by atoms with van der Waals surface area (Å²) in [5.74, 6) is -7.66. The molecule has 0 aliphatic carbocycles. The number of aliphatic carboxylic acids is 1. The second-order valence-corrected chi connectivity index (χ2v) is 22.6. The maximum absolute atomic E-state index is 13.9. The Morgan fingerprint density at radius 3 is 2.14 bits per heavy atom. The number of ketones is 3. The number of nitrogens with two attached hydrogens (primary N) is 2. The number of imidazole rings is 1. The SMILES string of the molecule is CC(C)[C@H](NC(=O)[C@H](CCCN=C(N)N)CC(=O)CNC(=O)CCC(=O)Cc1ccc2[nH]c(=O)n(C3CCN(Cc4ccc(-c5nc6cc[nH]c(=O)c6cc5-c5ccccc5)cc4)CC3)c2c1)C(=O)C[C@@H](CO)C(=O)N[C@@H](Cc1ccccc1)C(=O)O. The van der Waals surface area contributed by atoms with Gasteiger partial charge in [0.1, 0.15) is 11.8 Å². The van der Waals surface area contributed by atoms with Gasteiger partial charge in [0.15, 0.2) is 17.5 Å². The molecule has 4 atom stereocenters. The predicted molar refractivity (Wildman–Crippen MR) is 330 cm³/mol. The average Bonchev–Trinajstić information content (AvgIpc) is 1.97. The van der Waals surface area contributed by atoms with Crippen molar-refractivity contribution in [2.75, 3.05) is 32.8 Å². The van der Waals surface area contributed by atoms with E-state index >= 15 is 0 Å². The van der Waals surface area contributed by atoms with Gasteiger partial charge >= 0.3 is 11.7 Å². The lowest BCUT2D eigenvalue weighted by Gasteiger charge is -2.32. The summed E-state index contributed by atoms with van der Waals surface area (Å²) in [5.41, 5.74) is 18.5. The molecule has 3 aromatic heterocycles. The minimum absolute atomic E-state index is 0.00732. The molecular weight excluding hydrogens is 1110 g/mol. The van der Waals surface area contributed by atoms with Crippen molar-refractivity contribution >= 4 is 68.9 Å². The number of amides is 3. The van der Waals surface area contributed by atoms with Gasteiger partial charge in [0.25, 0.3) is 5.56 Å². The fourth-order valence-electron chi connectivity index (χ4n) is 11.1. The number of hydrogen-bond donors (Lipinski definition) is 9. The number of aliphatic imine (C=N–C) groups is 1. The minimum Gasteiger partial charge on any atom is -0.480 e. The number of carbonyl (C=O) groups is 7. The summed E-state index contributed by atoms with van der Waals surface area (Å²) in [5, 5.41) is 28.1. The molecule has 0 spiro atoms. The molecular formula is C65H75N11O11. The van der Waals surface area contributed by atoms with Crippen LogP contribution < -0.4 is 38.7 Å². The van der Waals surface area contributed by atoms with Crippen LogP contribution >= 0.6 is 0 Å². The molecule has 0 bridgehead atoms. The van der Waals surface area contributed by atoms with Crippen molar-refractivity contribution in [3.8, 4) is 22.4 Å². The number of Topliss-reactive ketones (excluding diaryl/α,β-unsaturated/α-hetero) is 3. The lowest BCUT2D eigenvalue weighted by molar-refractivity contribution is -0.143. The van der Waals surface area contributed by atoms with Crippen LogP contribution in [0.5, 0.6) is 0 Å². The monoisotopic (exact) mass is 1190 g/mol. The van der Waals surface area contributed by atoms with Crippen molar-refractivity contribution < 1.29 is 43.8 Å². The van der Waals surface area contributed by atoms with Crippen molar-refractivity contribution in [1.29, 1.82) is 0 Å². The maximum Gasteiger partial charge on any atom is 0.326 e. The number of H-pyrrole nitrogens is 2. The molecule has 456 valence electrons. The van der Waals surface area contributed by atoms with Gasteiger partial charge in [0.05, 0.1) is 52.7 Å². The topological polar surface area (TPSA) is 347 Å². The van der Waals surface area contributed by atoms with Gasteiger partial charge in [0.2, 0.25) is 17.7 Å². The summed E-state index contributed by atoms with van der Waals surface area (Å²) in [4.78, 5) is 136. The van der Waals surface area contributed by atoms with Crippen LogP contribution in [0.15, 0.2) is 136 Å². The quantitative estimate of drug-likeness (QED) is 0.0164. The highest BCUT2D eigenvalue weighted by molar-refractivity contribution is 5.96. The highest BCUT2D eigenvalue weighted by atomic mass is 16.4. The molecule has 1 saturated heterocycles. The molecule has 87 heavy (non-hydrogen) atoms. The van der Waals surface area contributed by atoms with Crippen LogP contribution in [0.1, 0.15) is 87.9 Å². The normalized spacial score (nSPS) is 14.2. The third kappa shape index (κ3) is 17.4. The Kier molecular flexibility index (Phi) is 22.0. The van der Waals surface area contributed by atoms with E-state index in [2.05, 4.69) is 60.1 Å². The number of aromatic nitrogens is 4. The minimum atomic E-state index is -1.34. The number of nitrogens with zero attached hydrogens (tertiary/aromatic N) is 4. The number of aromatic amines is 2. The number of pyridine rings is 2. The van der Waals surface area contributed by atoms with Crippen LogP contribution in [0.2, 0.25) is 0 Å². The molecule has 1 fully saturated rings. The van der Waals surface area contributed by atoms with Gasteiger partial charge < -0.3 is 47.6 Å². The molecule has 22 heteroatoms. The van der Waals surface area contributed by atoms with Gasteiger partial charge in [-0.15, -0.1) is 0 Å². The van der Waals surface area contributed by atoms with E-state index in [1.54, 1.807) is 73.1 Å². The van der Waals surface area contributed by atoms with Gasteiger partial charge in [-0.3, -0.25) is 48.0 Å². The molecule has 8 rings (SSSR count). The third-order valence-electron chi connectivity index (χ3n) is 15.8. The van der Waals surface area contributed by atoms with Crippen LogP contribution in [0.25, 0.3) is 44.3 Å². The molecule has 4 aromatic carbocycles. The number of fused-ring (bicyclic) bond motifs is 2. The number of guanidine groups is 1. The number of rotatable bonds is 30. The Labute approximate surface area is 502 Å². The molecule has 0 saturated carbocycles. The van der Waals surface area contributed by atoms with Crippen molar-refractivity contribution in [2.45, 2.75) is 103 Å². The Hall–Kier alpha value is -9.41. The fourth-order valence-corrected chi connectivity index (χ4v) is 11.1. The third-order valence-corrected chi connectivity index (χ3v) is 15.8. The van der Waals surface area contributed by atoms with E-state index in [-0.39, 0.29) is 80.5 Å². The van der Waals surface area contributed by atoms with Crippen LogP contribution in [-0.2, 0) is 52.9 Å². The number of carbonyl (C=O) groups excluding carboxylic acids is 6. The number of benzene rings is 4. The van der Waals surface area contributed by atoms with Gasteiger partial charge in [-0.2, -0.15) is 0 Å². The van der Waals surface area contributed by atoms with Crippen LogP contribution in [0.3, 0.4) is 0 Å². The Balaban J connectivity index is 0.806. The molecule has 1 aliphatic heterocycles. The summed E-state index contributed by atoms with van der Waals surface area (Å²) in [6.07, 6.45) is 2.25. The Morgan fingerprint density at radius 1 is 0.770 bits per heavy atom. The lowest BCUT2D eigenvalue weighted by Crippen LogP contribution is -2.50. The van der Waals surface area contributed by atoms with E-state index in [0.717, 1.165) is 53.9 Å². The fraction of sp³-hybridized carbons (Fsp3) is 0.369. The molecule has 11 N–H and O–H groups in total. The van der Waals surface area contributed by atoms with E-state index in [1.165, 1.54) is 0 Å². The molecule has 3 amide bonds. The Morgan fingerprint density at radius 2 is 1.46 bits per heavy atom. The van der Waals surface area contributed by atoms with Gasteiger partial charge in [0, 0.05) is 94.0 Å². The summed E-state index contributed by atoms with van der Waals surface area (Å²) in [6, 6.07) is 33.4. The molecule has 22 nitrogen and oxygen atoms in total. The molecule has 4 heterocycles. The summed E-state index contributed by atoms with van der Waals surface area (Å²) in [6.45, 7) is 4.49. The number of carboxylic acids is 1. The predicted octanol–water partition coefficient (Wildman–Crippen LogP) is 4.89. The summed E-state index contributed by atoms with van der Waals surface area (Å²) >= 11 is 0. The standard InChI is InChI=1S/C65H75N11O11/c1-39(2)58(56(80)34-46(38-77)61(83)72-54(63(85)86)31-40-10-5-3-6-11-40)74-60(82)45(14-9-26-69-64(66)67)33-49(79)36-70-57(81)22-20-48(78)30-42-17-21-53-55(32-42)76(65(87)73-53)47-24-28-75(29-25-47)37-41-15-18-44(19-16-41)59-50(43-12-7-4-8-13-43)35-51-52(71-59)23-27-68-62(51)84/h3-8,10-13,15-19,21,23,27,32,35,39,45-47,54,58,77H,9,14,20,22,24-26,28-31,33-34,36-38H2,1-2H3,(H,68,84)(H,70,81)(H,72,83)(H,73,87)(H,74,82)(H,85,86)(H4,66,67,69)/t45-,46+,54+,58+/m1/s1. The highest BCUT2D eigenvalue weighted by Crippen LogP contribution is 2.34. The number of carboxylic acid groups (broad SMARTS) is 1. The van der Waals surface area contributed by atoms with E-state index < -0.39 is 84.7 Å². The highest BCUT2D eigenvalue weighted by Gasteiger charge is 2.34. The van der Waals surface area contributed by atoms with Gasteiger partial charge in [-0.1, -0.05) is 105 Å². The first-order valence-corrected chi connectivity index (χ1v) is 29.3. The number of hydrogen-bond acceptors (Lipinski definition) is 13. The zero-order valence-electron chi connectivity index (χ0n) is 48.8. The molecule has 0 radical (unpaired) electrons. The van der Waals surface area contributed by atoms with Gasteiger partial charge in [-0.05, 0) is 78.1 Å². The van der Waals surface area contributed by atoms with Crippen molar-refractivity contribution in [3.63, 3.8) is 0 Å². The maximum atomic E-state index is 13.9. The van der Waals surface area contributed by atoms with E-state index in [9.17, 15) is 53.4 Å². The van der Waals surface area contributed by atoms with Crippen LogP contribution in [-0.4, -0.2) is 127 Å². The van der Waals surface area contributed by atoms with Crippen molar-refractivity contribution in [1.82, 2.24) is 40.4 Å². The van der Waals surface area contributed by atoms with Crippen molar-refractivity contribution in [3.05, 3.63) is 159 Å². The Bertz CT molecular complexity index is 3740. The van der Waals surface area contributed by atoms with Gasteiger partial charge in [-0.25, -0.2) is 14.6 Å². The first-order valence-electron chi connectivity index (χ1n) is 29.3. The molecule has 0 unspecified atom stereocenters. The number of likely N-dealkylation sites (tertiary alicyclic amines) is 1. The second kappa shape index (κ2) is 30.1. The number of aliphatic hydroxyl groups is 1. The molecule has 7 aromatic rings. The molecule has 1 aliphatic rings. The lowest BCUT2D eigenvalue weighted by atomic mass is 9.90. The van der Waals surface area contributed by atoms with Crippen LogP contribution in [0.4, 0.5) is 0 Å². The summed E-state index contributed by atoms with van der Waals surface area (Å²) < 4.78 is 1.78. The van der Waals surface area contributed by atoms with Crippen LogP contribution in [0, 0.1) is 17.8 Å². The smallest absolute Gasteiger partial charge is 0.326 e. The second-order valence-electron chi connectivity index (χ2n) is 22.6. The first kappa shape index (κ1) is 63.6. The summed E-state index contributed by atoms with van der Waals surface area (Å²) in [7, 11) is 0. The zero-order chi connectivity index (χ0) is 62.1. The number of piperidine rings is 1.